The summed E-state index contributed by atoms with van der Waals surface area (Å²) in [5.41, 5.74) is 3.96. The topological polar surface area (TPSA) is 39.1 Å². The van der Waals surface area contributed by atoms with Gasteiger partial charge in [-0.3, -0.25) is 0 Å². The standard InChI is InChI=1S/C17H23N3O/c1-3-7-20-8-6-19-17(20)10-16(18-2)13-4-5-14-11-21-12-15(14)9-13/h4-6,8-9,16,18H,3,7,10-12H2,1-2H3. The van der Waals surface area contributed by atoms with E-state index in [-0.39, 0.29) is 6.04 Å². The smallest absolute Gasteiger partial charge is 0.110 e. The Kier molecular flexibility index (Phi) is 4.36. The maximum absolute atomic E-state index is 5.50. The molecular weight excluding hydrogens is 262 g/mol. The van der Waals surface area contributed by atoms with E-state index in [9.17, 15) is 0 Å². The van der Waals surface area contributed by atoms with Gasteiger partial charge in [0.2, 0.25) is 0 Å². The second-order valence-corrected chi connectivity index (χ2v) is 5.60. The average molecular weight is 285 g/mol. The highest BCUT2D eigenvalue weighted by atomic mass is 16.5. The van der Waals surface area contributed by atoms with Crippen LogP contribution < -0.4 is 5.32 Å². The molecule has 2 heterocycles. The van der Waals surface area contributed by atoms with Gasteiger partial charge in [0.1, 0.15) is 5.82 Å². The third-order valence-electron chi connectivity index (χ3n) is 4.15. The molecule has 0 fully saturated rings. The quantitative estimate of drug-likeness (QED) is 0.887. The number of benzene rings is 1. The fraction of sp³-hybridized carbons (Fsp3) is 0.471. The molecule has 0 amide bonds. The molecule has 0 spiro atoms. The van der Waals surface area contributed by atoms with E-state index in [1.165, 1.54) is 16.7 Å². The molecule has 0 saturated heterocycles. The zero-order chi connectivity index (χ0) is 14.7. The molecule has 1 aromatic heterocycles. The first-order valence-corrected chi connectivity index (χ1v) is 7.68. The van der Waals surface area contributed by atoms with Gasteiger partial charge in [0.05, 0.1) is 13.2 Å². The number of ether oxygens (including phenoxy) is 1. The van der Waals surface area contributed by atoms with Crippen LogP contribution in [0.5, 0.6) is 0 Å². The molecule has 21 heavy (non-hydrogen) atoms. The number of aromatic nitrogens is 2. The Morgan fingerprint density at radius 1 is 1.33 bits per heavy atom. The summed E-state index contributed by atoms with van der Waals surface area (Å²) in [7, 11) is 2.02. The molecule has 2 aromatic rings. The SMILES string of the molecule is CCCn1ccnc1CC(NC)c1ccc2c(c1)COC2. The largest absolute Gasteiger partial charge is 0.372 e. The lowest BCUT2D eigenvalue weighted by Gasteiger charge is -2.18. The van der Waals surface area contributed by atoms with Crippen molar-refractivity contribution >= 4 is 0 Å². The molecular formula is C17H23N3O. The molecule has 4 nitrogen and oxygen atoms in total. The second-order valence-electron chi connectivity index (χ2n) is 5.60. The summed E-state index contributed by atoms with van der Waals surface area (Å²) >= 11 is 0. The van der Waals surface area contributed by atoms with Crippen LogP contribution in [-0.4, -0.2) is 16.6 Å². The highest BCUT2D eigenvalue weighted by Gasteiger charge is 2.17. The minimum Gasteiger partial charge on any atom is -0.372 e. The molecule has 112 valence electrons. The van der Waals surface area contributed by atoms with Crippen molar-refractivity contribution in [3.05, 3.63) is 53.1 Å². The number of aryl methyl sites for hydroxylation is 1. The molecule has 0 saturated carbocycles. The van der Waals surface area contributed by atoms with Crippen molar-refractivity contribution in [2.75, 3.05) is 7.05 Å². The van der Waals surface area contributed by atoms with Crippen LogP contribution in [-0.2, 0) is 30.9 Å². The van der Waals surface area contributed by atoms with Crippen molar-refractivity contribution in [2.24, 2.45) is 0 Å². The number of nitrogens with zero attached hydrogens (tertiary/aromatic N) is 2. The summed E-state index contributed by atoms with van der Waals surface area (Å²) in [5.74, 6) is 1.15. The molecule has 1 atom stereocenters. The van der Waals surface area contributed by atoms with Crippen LogP contribution in [0.2, 0.25) is 0 Å². The molecule has 1 aromatic carbocycles. The summed E-state index contributed by atoms with van der Waals surface area (Å²) in [4.78, 5) is 4.52. The second kappa shape index (κ2) is 6.41. The summed E-state index contributed by atoms with van der Waals surface area (Å²) in [6.45, 7) is 4.72. The van der Waals surface area contributed by atoms with Crippen LogP contribution in [0.4, 0.5) is 0 Å². The third kappa shape index (κ3) is 3.01. The summed E-state index contributed by atoms with van der Waals surface area (Å²) in [5, 5.41) is 3.42. The first kappa shape index (κ1) is 14.3. The van der Waals surface area contributed by atoms with E-state index in [0.717, 1.165) is 38.4 Å². The van der Waals surface area contributed by atoms with Gasteiger partial charge in [0.25, 0.3) is 0 Å². The lowest BCUT2D eigenvalue weighted by atomic mass is 9.99. The molecule has 0 radical (unpaired) electrons. The van der Waals surface area contributed by atoms with Gasteiger partial charge in [0, 0.05) is 31.4 Å². The van der Waals surface area contributed by atoms with E-state index in [2.05, 4.69) is 46.2 Å². The Balaban J connectivity index is 1.80. The van der Waals surface area contributed by atoms with Gasteiger partial charge in [-0.05, 0) is 30.2 Å². The Morgan fingerprint density at radius 2 is 2.19 bits per heavy atom. The molecule has 1 aliphatic heterocycles. The van der Waals surface area contributed by atoms with Crippen molar-refractivity contribution in [1.82, 2.24) is 14.9 Å². The number of hydrogen-bond acceptors (Lipinski definition) is 3. The number of fused-ring (bicyclic) bond motifs is 1. The van der Waals surface area contributed by atoms with Crippen molar-refractivity contribution in [2.45, 2.75) is 45.6 Å². The summed E-state index contributed by atoms with van der Waals surface area (Å²) < 4.78 is 7.75. The molecule has 4 heteroatoms. The Labute approximate surface area is 126 Å². The summed E-state index contributed by atoms with van der Waals surface area (Å²) in [6.07, 6.45) is 6.00. The zero-order valence-electron chi connectivity index (χ0n) is 12.8. The number of imidazole rings is 1. The number of rotatable bonds is 6. The van der Waals surface area contributed by atoms with Crippen molar-refractivity contribution in [3.63, 3.8) is 0 Å². The normalized spacial score (nSPS) is 15.1. The van der Waals surface area contributed by atoms with E-state index in [1.807, 2.05) is 13.2 Å². The van der Waals surface area contributed by atoms with E-state index in [0.29, 0.717) is 0 Å². The lowest BCUT2D eigenvalue weighted by Crippen LogP contribution is -2.21. The van der Waals surface area contributed by atoms with E-state index in [1.54, 1.807) is 0 Å². The van der Waals surface area contributed by atoms with Crippen LogP contribution in [0.15, 0.2) is 30.6 Å². The van der Waals surface area contributed by atoms with Gasteiger partial charge in [-0.25, -0.2) is 4.98 Å². The monoisotopic (exact) mass is 285 g/mol. The van der Waals surface area contributed by atoms with Crippen molar-refractivity contribution in [1.29, 1.82) is 0 Å². The van der Waals surface area contributed by atoms with Crippen LogP contribution in [0.3, 0.4) is 0 Å². The van der Waals surface area contributed by atoms with E-state index < -0.39 is 0 Å². The fourth-order valence-corrected chi connectivity index (χ4v) is 2.95. The first-order chi connectivity index (χ1) is 10.3. The van der Waals surface area contributed by atoms with Gasteiger partial charge >= 0.3 is 0 Å². The minimum absolute atomic E-state index is 0.286. The third-order valence-corrected chi connectivity index (χ3v) is 4.15. The number of nitrogens with one attached hydrogen (secondary N) is 1. The number of hydrogen-bond donors (Lipinski definition) is 1. The van der Waals surface area contributed by atoms with Crippen LogP contribution in [0.25, 0.3) is 0 Å². The molecule has 1 unspecified atom stereocenters. The molecule has 0 aliphatic carbocycles. The van der Waals surface area contributed by atoms with Crippen molar-refractivity contribution in [3.8, 4) is 0 Å². The van der Waals surface area contributed by atoms with Crippen LogP contribution in [0.1, 0.15) is 41.9 Å². The Bertz CT molecular complexity index is 606. The number of likely N-dealkylation sites (N-methyl/N-ethyl adjacent to an activating group) is 1. The highest BCUT2D eigenvalue weighted by molar-refractivity contribution is 5.35. The predicted octanol–water partition coefficient (Wildman–Crippen LogP) is 2.83. The van der Waals surface area contributed by atoms with Gasteiger partial charge in [-0.1, -0.05) is 25.1 Å². The van der Waals surface area contributed by atoms with Crippen molar-refractivity contribution < 1.29 is 4.74 Å². The van der Waals surface area contributed by atoms with Gasteiger partial charge in [0.15, 0.2) is 0 Å². The maximum atomic E-state index is 5.50. The van der Waals surface area contributed by atoms with Gasteiger partial charge < -0.3 is 14.6 Å². The van der Waals surface area contributed by atoms with Crippen LogP contribution in [0, 0.1) is 0 Å². The van der Waals surface area contributed by atoms with Crippen LogP contribution >= 0.6 is 0 Å². The zero-order valence-corrected chi connectivity index (χ0v) is 12.8. The summed E-state index contributed by atoms with van der Waals surface area (Å²) in [6, 6.07) is 6.97. The average Bonchev–Trinajstić information content (AvgIpc) is 3.13. The van der Waals surface area contributed by atoms with Gasteiger partial charge in [-0.15, -0.1) is 0 Å². The maximum Gasteiger partial charge on any atom is 0.110 e. The predicted molar refractivity (Wildman–Crippen MR) is 83.0 cm³/mol. The van der Waals surface area contributed by atoms with E-state index in [4.69, 9.17) is 4.74 Å². The minimum atomic E-state index is 0.286. The molecule has 1 aliphatic rings. The highest BCUT2D eigenvalue weighted by Crippen LogP contribution is 2.25. The molecule has 3 rings (SSSR count). The molecule has 1 N–H and O–H groups in total. The first-order valence-electron chi connectivity index (χ1n) is 7.68. The Morgan fingerprint density at radius 3 is 3.00 bits per heavy atom. The van der Waals surface area contributed by atoms with E-state index >= 15 is 0 Å². The lowest BCUT2D eigenvalue weighted by molar-refractivity contribution is 0.134. The Hall–Kier alpha value is -1.65. The molecule has 0 bridgehead atoms. The van der Waals surface area contributed by atoms with Gasteiger partial charge in [-0.2, -0.15) is 0 Å². The fourth-order valence-electron chi connectivity index (χ4n) is 2.95.